The number of benzene rings is 1. The van der Waals surface area contributed by atoms with Gasteiger partial charge in [0.05, 0.1) is 12.0 Å². The first-order chi connectivity index (χ1) is 11.8. The molecule has 2 heterocycles. The first kappa shape index (κ1) is 17.0. The number of rotatable bonds is 4. The van der Waals surface area contributed by atoms with Crippen LogP contribution in [0.25, 0.3) is 0 Å². The summed E-state index contributed by atoms with van der Waals surface area (Å²) >= 11 is 6.02. The molecule has 0 bridgehead atoms. The molecule has 3 rings (SSSR count). The second kappa shape index (κ2) is 6.56. The Labute approximate surface area is 147 Å². The van der Waals surface area contributed by atoms with Gasteiger partial charge >= 0.3 is 5.88 Å². The zero-order valence-corrected chi connectivity index (χ0v) is 13.9. The Balaban J connectivity index is 1.55. The van der Waals surface area contributed by atoms with E-state index in [-0.39, 0.29) is 30.7 Å². The number of carbonyl (C=O) groups excluding carboxylic acids is 2. The third kappa shape index (κ3) is 3.48. The number of amides is 2. The van der Waals surface area contributed by atoms with Crippen LogP contribution in [-0.4, -0.2) is 34.7 Å². The summed E-state index contributed by atoms with van der Waals surface area (Å²) in [5.74, 6) is -1.65. The van der Waals surface area contributed by atoms with Gasteiger partial charge in [-0.05, 0) is 30.7 Å². The van der Waals surface area contributed by atoms with E-state index >= 15 is 0 Å². The molecular weight excluding hydrogens is 350 g/mol. The number of nitro groups is 1. The molecule has 130 valence electrons. The molecule has 1 N–H and O–H groups in total. The molecule has 1 aliphatic rings. The van der Waals surface area contributed by atoms with Crippen molar-refractivity contribution in [2.24, 2.45) is 5.92 Å². The average molecular weight is 364 g/mol. The Hall–Kier alpha value is -2.87. The molecule has 0 saturated carbocycles. The van der Waals surface area contributed by atoms with Gasteiger partial charge in [0.1, 0.15) is 4.92 Å². The van der Waals surface area contributed by atoms with E-state index in [4.69, 9.17) is 16.0 Å². The number of furan rings is 1. The second-order valence-corrected chi connectivity index (χ2v) is 6.16. The van der Waals surface area contributed by atoms with E-state index in [1.807, 2.05) is 6.92 Å². The van der Waals surface area contributed by atoms with Crippen LogP contribution in [0.15, 0.2) is 34.7 Å². The van der Waals surface area contributed by atoms with Gasteiger partial charge < -0.3 is 14.6 Å². The highest BCUT2D eigenvalue weighted by molar-refractivity contribution is 6.31. The van der Waals surface area contributed by atoms with E-state index in [0.29, 0.717) is 10.7 Å². The highest BCUT2D eigenvalue weighted by Gasteiger charge is 2.37. The summed E-state index contributed by atoms with van der Waals surface area (Å²) in [5.41, 5.74) is 1.50. The third-order valence-electron chi connectivity index (χ3n) is 3.96. The van der Waals surface area contributed by atoms with Crippen LogP contribution in [0.3, 0.4) is 0 Å². The number of aryl methyl sites for hydroxylation is 1. The van der Waals surface area contributed by atoms with Crippen LogP contribution in [0.5, 0.6) is 0 Å². The molecular formula is C16H14ClN3O5. The van der Waals surface area contributed by atoms with Crippen LogP contribution in [0.4, 0.5) is 11.6 Å². The SMILES string of the molecule is Cc1ccc(NC(=O)C2CN(C(=O)c3ccc([N+](=O)[O-])o3)C2)cc1Cl. The van der Waals surface area contributed by atoms with E-state index in [0.717, 1.165) is 11.6 Å². The lowest BCUT2D eigenvalue weighted by Gasteiger charge is -2.37. The molecule has 0 atom stereocenters. The maximum atomic E-state index is 12.2. The highest BCUT2D eigenvalue weighted by Crippen LogP contribution is 2.25. The van der Waals surface area contributed by atoms with Crippen LogP contribution < -0.4 is 5.32 Å². The lowest BCUT2D eigenvalue weighted by atomic mass is 9.98. The van der Waals surface area contributed by atoms with Gasteiger partial charge in [-0.3, -0.25) is 19.7 Å². The van der Waals surface area contributed by atoms with Crippen LogP contribution >= 0.6 is 11.6 Å². The fourth-order valence-corrected chi connectivity index (χ4v) is 2.60. The van der Waals surface area contributed by atoms with E-state index in [1.165, 1.54) is 11.0 Å². The van der Waals surface area contributed by atoms with Crippen LogP contribution in [0.1, 0.15) is 16.1 Å². The molecule has 0 aliphatic carbocycles. The lowest BCUT2D eigenvalue weighted by Crippen LogP contribution is -2.54. The van der Waals surface area contributed by atoms with Gasteiger partial charge in [0.25, 0.3) is 5.91 Å². The molecule has 1 fully saturated rings. The van der Waals surface area contributed by atoms with E-state index in [1.54, 1.807) is 18.2 Å². The Kier molecular flexibility index (Phi) is 4.45. The zero-order chi connectivity index (χ0) is 18.1. The molecule has 25 heavy (non-hydrogen) atoms. The average Bonchev–Trinajstić information content (AvgIpc) is 2.99. The Morgan fingerprint density at radius 3 is 2.64 bits per heavy atom. The first-order valence-electron chi connectivity index (χ1n) is 7.45. The smallest absolute Gasteiger partial charge is 0.395 e. The second-order valence-electron chi connectivity index (χ2n) is 5.76. The summed E-state index contributed by atoms with van der Waals surface area (Å²) < 4.78 is 4.87. The molecule has 8 nitrogen and oxygen atoms in total. The minimum atomic E-state index is -0.712. The number of nitrogens with one attached hydrogen (secondary N) is 1. The minimum Gasteiger partial charge on any atom is -0.395 e. The predicted molar refractivity (Wildman–Crippen MR) is 89.6 cm³/mol. The molecule has 2 amide bonds. The van der Waals surface area contributed by atoms with Gasteiger partial charge in [-0.25, -0.2) is 0 Å². The van der Waals surface area contributed by atoms with Crippen LogP contribution in [0, 0.1) is 23.0 Å². The summed E-state index contributed by atoms with van der Waals surface area (Å²) in [7, 11) is 0. The zero-order valence-electron chi connectivity index (χ0n) is 13.2. The van der Waals surface area contributed by atoms with Gasteiger partial charge in [0.15, 0.2) is 5.76 Å². The van der Waals surface area contributed by atoms with E-state index < -0.39 is 16.7 Å². The maximum absolute atomic E-state index is 12.2. The molecule has 2 aromatic rings. The van der Waals surface area contributed by atoms with E-state index in [2.05, 4.69) is 5.32 Å². The third-order valence-corrected chi connectivity index (χ3v) is 4.37. The predicted octanol–water partition coefficient (Wildman–Crippen LogP) is 2.86. The fraction of sp³-hybridized carbons (Fsp3) is 0.250. The summed E-state index contributed by atoms with van der Waals surface area (Å²) in [6.45, 7) is 2.31. The van der Waals surface area contributed by atoms with Crippen LogP contribution in [-0.2, 0) is 4.79 Å². The molecule has 0 radical (unpaired) electrons. The number of likely N-dealkylation sites (tertiary alicyclic amines) is 1. The first-order valence-corrected chi connectivity index (χ1v) is 7.83. The Bertz CT molecular complexity index is 857. The molecule has 1 aromatic carbocycles. The van der Waals surface area contributed by atoms with E-state index in [9.17, 15) is 19.7 Å². The van der Waals surface area contributed by atoms with Crippen LogP contribution in [0.2, 0.25) is 5.02 Å². The fourth-order valence-electron chi connectivity index (χ4n) is 2.42. The number of hydrogen-bond acceptors (Lipinski definition) is 5. The van der Waals surface area contributed by atoms with Crippen molar-refractivity contribution in [3.63, 3.8) is 0 Å². The van der Waals surface area contributed by atoms with Crippen molar-refractivity contribution in [2.45, 2.75) is 6.92 Å². The van der Waals surface area contributed by atoms with Crippen molar-refractivity contribution in [2.75, 3.05) is 18.4 Å². The minimum absolute atomic E-state index is 0.115. The topological polar surface area (TPSA) is 106 Å². The van der Waals surface area contributed by atoms with Crippen molar-refractivity contribution < 1.29 is 18.9 Å². The molecule has 9 heteroatoms. The van der Waals surface area contributed by atoms with Gasteiger partial charge in [-0.1, -0.05) is 17.7 Å². The van der Waals surface area contributed by atoms with Gasteiger partial charge in [-0.15, -0.1) is 0 Å². The Morgan fingerprint density at radius 1 is 1.32 bits per heavy atom. The summed E-state index contributed by atoms with van der Waals surface area (Å²) in [4.78, 5) is 35.6. The number of anilines is 1. The van der Waals surface area contributed by atoms with Crippen molar-refractivity contribution in [3.8, 4) is 0 Å². The number of hydrogen-bond donors (Lipinski definition) is 1. The molecule has 0 spiro atoms. The number of nitrogens with zero attached hydrogens (tertiary/aromatic N) is 2. The largest absolute Gasteiger partial charge is 0.433 e. The van der Waals surface area contributed by atoms with Gasteiger partial charge in [0.2, 0.25) is 5.91 Å². The molecule has 1 aliphatic heterocycles. The van der Waals surface area contributed by atoms with Crippen molar-refractivity contribution in [1.82, 2.24) is 4.90 Å². The Morgan fingerprint density at radius 2 is 2.04 bits per heavy atom. The van der Waals surface area contributed by atoms with Crippen molar-refractivity contribution >= 4 is 35.0 Å². The maximum Gasteiger partial charge on any atom is 0.433 e. The van der Waals surface area contributed by atoms with Gasteiger partial charge in [0, 0.05) is 23.8 Å². The normalized spacial score (nSPS) is 14.1. The lowest BCUT2D eigenvalue weighted by molar-refractivity contribution is -0.402. The monoisotopic (exact) mass is 363 g/mol. The highest BCUT2D eigenvalue weighted by atomic mass is 35.5. The summed E-state index contributed by atoms with van der Waals surface area (Å²) in [6.07, 6.45) is 0. The molecule has 0 unspecified atom stereocenters. The quantitative estimate of drug-likeness (QED) is 0.664. The molecule has 1 saturated heterocycles. The van der Waals surface area contributed by atoms with Gasteiger partial charge in [-0.2, -0.15) is 0 Å². The molecule has 1 aromatic heterocycles. The number of halogens is 1. The summed E-state index contributed by atoms with van der Waals surface area (Å²) in [6, 6.07) is 7.60. The summed E-state index contributed by atoms with van der Waals surface area (Å²) in [5, 5.41) is 13.9. The standard InChI is InChI=1S/C16H14ClN3O5/c1-9-2-3-11(6-12(9)17)18-15(21)10-7-19(8-10)16(22)13-4-5-14(25-13)20(23)24/h2-6,10H,7-8H2,1H3,(H,18,21). The van der Waals surface area contributed by atoms with Crippen molar-refractivity contribution in [3.05, 3.63) is 56.8 Å². The number of carbonyl (C=O) groups is 2. The van der Waals surface area contributed by atoms with Crippen molar-refractivity contribution in [1.29, 1.82) is 0 Å².